The Bertz CT molecular complexity index is 951. The quantitative estimate of drug-likeness (QED) is 0.691. The van der Waals surface area contributed by atoms with Gasteiger partial charge in [-0.1, -0.05) is 30.3 Å². The van der Waals surface area contributed by atoms with E-state index in [9.17, 15) is 4.79 Å². The van der Waals surface area contributed by atoms with E-state index in [-0.39, 0.29) is 11.9 Å². The Morgan fingerprint density at radius 3 is 3.00 bits per heavy atom. The topological polar surface area (TPSA) is 51.2 Å². The van der Waals surface area contributed by atoms with Crippen LogP contribution in [-0.2, 0) is 13.0 Å². The van der Waals surface area contributed by atoms with Crippen molar-refractivity contribution < 1.29 is 9.53 Å². The smallest absolute Gasteiger partial charge is 0.251 e. The highest BCUT2D eigenvalue weighted by atomic mass is 32.1. The number of carbonyl (C=O) groups excluding carboxylic acids is 1. The molecule has 3 aromatic rings. The van der Waals surface area contributed by atoms with Crippen molar-refractivity contribution in [1.82, 2.24) is 10.3 Å². The molecule has 0 fully saturated rings. The molecule has 1 N–H and O–H groups in total. The van der Waals surface area contributed by atoms with E-state index in [1.54, 1.807) is 17.4 Å². The number of aryl methyl sites for hydroxylation is 2. The van der Waals surface area contributed by atoms with Gasteiger partial charge in [-0.2, -0.15) is 0 Å². The van der Waals surface area contributed by atoms with Crippen LogP contribution in [0.2, 0.25) is 0 Å². The fourth-order valence-electron chi connectivity index (χ4n) is 3.50. The van der Waals surface area contributed by atoms with Crippen LogP contribution in [0.4, 0.5) is 0 Å². The molecule has 5 heteroatoms. The summed E-state index contributed by atoms with van der Waals surface area (Å²) in [6.07, 6.45) is 3.16. The number of thiazole rings is 1. The molecule has 4 rings (SSSR count). The number of fused-ring (bicyclic) bond motifs is 1. The van der Waals surface area contributed by atoms with E-state index in [0.717, 1.165) is 30.0 Å². The molecule has 1 aromatic heterocycles. The molecule has 0 aliphatic heterocycles. The molecule has 1 aliphatic rings. The van der Waals surface area contributed by atoms with Gasteiger partial charge in [-0.15, -0.1) is 11.3 Å². The first-order valence-corrected chi connectivity index (χ1v) is 10.1. The minimum atomic E-state index is -0.0633. The number of rotatable bonds is 5. The number of hydrogen-bond acceptors (Lipinski definition) is 4. The van der Waals surface area contributed by atoms with Gasteiger partial charge >= 0.3 is 0 Å². The normalized spacial score (nSPS) is 15.8. The third-order valence-electron chi connectivity index (χ3n) is 4.82. The van der Waals surface area contributed by atoms with Gasteiger partial charge in [0.1, 0.15) is 12.4 Å². The largest absolute Gasteiger partial charge is 0.487 e. The molecule has 1 atom stereocenters. The number of carbonyl (C=O) groups is 1. The molecular weight excluding hydrogens is 356 g/mol. The summed E-state index contributed by atoms with van der Waals surface area (Å²) in [5, 5.41) is 6.21. The third-order valence-corrected chi connectivity index (χ3v) is 5.65. The van der Waals surface area contributed by atoms with Crippen molar-refractivity contribution >= 4 is 17.2 Å². The van der Waals surface area contributed by atoms with Gasteiger partial charge in [0.05, 0.1) is 16.7 Å². The van der Waals surface area contributed by atoms with Gasteiger partial charge in [-0.3, -0.25) is 4.79 Å². The first kappa shape index (κ1) is 17.7. The summed E-state index contributed by atoms with van der Waals surface area (Å²) in [6.45, 7) is 2.38. The number of benzene rings is 2. The van der Waals surface area contributed by atoms with E-state index in [0.29, 0.717) is 17.9 Å². The number of aromatic nitrogens is 1. The highest BCUT2D eigenvalue weighted by Gasteiger charge is 2.22. The summed E-state index contributed by atoms with van der Waals surface area (Å²) in [7, 11) is 0. The minimum absolute atomic E-state index is 0.0633. The van der Waals surface area contributed by atoms with Crippen LogP contribution < -0.4 is 10.1 Å². The van der Waals surface area contributed by atoms with Gasteiger partial charge in [0.25, 0.3) is 5.91 Å². The average Bonchev–Trinajstić information content (AvgIpc) is 3.12. The Balaban J connectivity index is 1.43. The van der Waals surface area contributed by atoms with Gasteiger partial charge < -0.3 is 10.1 Å². The monoisotopic (exact) mass is 378 g/mol. The van der Waals surface area contributed by atoms with Gasteiger partial charge in [0.2, 0.25) is 0 Å². The molecule has 0 saturated carbocycles. The Morgan fingerprint density at radius 2 is 2.15 bits per heavy atom. The minimum Gasteiger partial charge on any atom is -0.487 e. The lowest BCUT2D eigenvalue weighted by atomic mass is 9.87. The molecule has 27 heavy (non-hydrogen) atoms. The van der Waals surface area contributed by atoms with Crippen molar-refractivity contribution in [2.75, 3.05) is 0 Å². The second kappa shape index (κ2) is 7.92. The number of nitrogens with zero attached hydrogens (tertiary/aromatic N) is 1. The van der Waals surface area contributed by atoms with Crippen molar-refractivity contribution in [2.45, 2.75) is 38.8 Å². The van der Waals surface area contributed by atoms with Crippen molar-refractivity contribution in [2.24, 2.45) is 0 Å². The molecule has 0 spiro atoms. The van der Waals surface area contributed by atoms with E-state index in [1.807, 2.05) is 36.6 Å². The molecule has 0 radical (unpaired) electrons. The predicted molar refractivity (Wildman–Crippen MR) is 107 cm³/mol. The maximum absolute atomic E-state index is 12.8. The highest BCUT2D eigenvalue weighted by molar-refractivity contribution is 7.09. The number of nitrogens with one attached hydrogen (secondary N) is 1. The maximum Gasteiger partial charge on any atom is 0.251 e. The lowest BCUT2D eigenvalue weighted by Gasteiger charge is -2.26. The molecule has 1 unspecified atom stereocenters. The van der Waals surface area contributed by atoms with E-state index < -0.39 is 0 Å². The first-order valence-electron chi connectivity index (χ1n) is 9.21. The second-order valence-corrected chi connectivity index (χ2v) is 7.85. The fraction of sp³-hybridized carbons (Fsp3) is 0.273. The van der Waals surface area contributed by atoms with Crippen LogP contribution in [0.5, 0.6) is 5.75 Å². The fourth-order valence-corrected chi connectivity index (χ4v) is 4.10. The van der Waals surface area contributed by atoms with Crippen LogP contribution in [0.25, 0.3) is 0 Å². The Labute approximate surface area is 163 Å². The highest BCUT2D eigenvalue weighted by Crippen LogP contribution is 2.29. The zero-order chi connectivity index (χ0) is 18.6. The molecule has 2 aromatic carbocycles. The molecule has 1 heterocycles. The third kappa shape index (κ3) is 4.19. The van der Waals surface area contributed by atoms with Crippen molar-refractivity contribution in [3.05, 3.63) is 81.3 Å². The van der Waals surface area contributed by atoms with E-state index in [2.05, 4.69) is 28.5 Å². The van der Waals surface area contributed by atoms with E-state index >= 15 is 0 Å². The SMILES string of the molecule is Cc1nc(COc2cccc(C(=O)NC3CCCc4ccccc43)c2)cs1. The molecular formula is C22H22N2O2S. The Hall–Kier alpha value is -2.66. The standard InChI is InChI=1S/C22H22N2O2S/c1-15-23-18(14-27-15)13-26-19-9-4-8-17(12-19)22(25)24-21-11-5-7-16-6-2-3-10-20(16)21/h2-4,6,8-10,12,14,21H,5,7,11,13H2,1H3,(H,24,25). The predicted octanol–water partition coefficient (Wildman–Crippen LogP) is 4.84. The zero-order valence-electron chi connectivity index (χ0n) is 15.3. The zero-order valence-corrected chi connectivity index (χ0v) is 16.1. The van der Waals surface area contributed by atoms with Crippen LogP contribution in [-0.4, -0.2) is 10.9 Å². The molecule has 0 bridgehead atoms. The second-order valence-electron chi connectivity index (χ2n) is 6.79. The molecule has 138 valence electrons. The van der Waals surface area contributed by atoms with Gasteiger partial charge in [-0.25, -0.2) is 4.98 Å². The Kier molecular flexibility index (Phi) is 5.21. The number of hydrogen-bond donors (Lipinski definition) is 1. The first-order chi connectivity index (χ1) is 13.2. The van der Waals surface area contributed by atoms with Crippen molar-refractivity contribution in [1.29, 1.82) is 0 Å². The number of ether oxygens (including phenoxy) is 1. The molecule has 1 aliphatic carbocycles. The van der Waals surface area contributed by atoms with Crippen LogP contribution in [0.15, 0.2) is 53.9 Å². The summed E-state index contributed by atoms with van der Waals surface area (Å²) in [4.78, 5) is 17.2. The average molecular weight is 378 g/mol. The van der Waals surface area contributed by atoms with Gasteiger partial charge in [0, 0.05) is 10.9 Å². The molecule has 0 saturated heterocycles. The maximum atomic E-state index is 12.8. The van der Waals surface area contributed by atoms with Crippen LogP contribution >= 0.6 is 11.3 Å². The summed E-state index contributed by atoms with van der Waals surface area (Å²) in [6, 6.07) is 15.8. The summed E-state index contributed by atoms with van der Waals surface area (Å²) in [5.41, 5.74) is 4.10. The molecule has 1 amide bonds. The number of amides is 1. The Morgan fingerprint density at radius 1 is 1.26 bits per heavy atom. The van der Waals surface area contributed by atoms with Crippen LogP contribution in [0.1, 0.15) is 51.1 Å². The van der Waals surface area contributed by atoms with Crippen molar-refractivity contribution in [3.8, 4) is 5.75 Å². The van der Waals surface area contributed by atoms with Gasteiger partial charge in [0.15, 0.2) is 0 Å². The summed E-state index contributed by atoms with van der Waals surface area (Å²) in [5.74, 6) is 0.615. The van der Waals surface area contributed by atoms with Crippen LogP contribution in [0, 0.1) is 6.92 Å². The lowest BCUT2D eigenvalue weighted by molar-refractivity contribution is 0.0932. The molecule has 4 nitrogen and oxygen atoms in total. The van der Waals surface area contributed by atoms with Gasteiger partial charge in [-0.05, 0) is 55.5 Å². The van der Waals surface area contributed by atoms with Crippen molar-refractivity contribution in [3.63, 3.8) is 0 Å². The summed E-state index contributed by atoms with van der Waals surface area (Å²) >= 11 is 1.61. The summed E-state index contributed by atoms with van der Waals surface area (Å²) < 4.78 is 5.81. The van der Waals surface area contributed by atoms with E-state index in [4.69, 9.17) is 4.74 Å². The lowest BCUT2D eigenvalue weighted by Crippen LogP contribution is -2.30. The van der Waals surface area contributed by atoms with Crippen LogP contribution in [0.3, 0.4) is 0 Å². The van der Waals surface area contributed by atoms with E-state index in [1.165, 1.54) is 11.1 Å².